The minimum atomic E-state index is -3.15. The van der Waals surface area contributed by atoms with Crippen LogP contribution in [0.5, 0.6) is 5.75 Å². The lowest BCUT2D eigenvalue weighted by Gasteiger charge is -2.33. The van der Waals surface area contributed by atoms with E-state index >= 15 is 0 Å². The van der Waals surface area contributed by atoms with E-state index < -0.39 is 10.0 Å². The van der Waals surface area contributed by atoms with Crippen LogP contribution in [0.1, 0.15) is 31.2 Å². The Morgan fingerprint density at radius 2 is 1.97 bits per heavy atom. The van der Waals surface area contributed by atoms with Gasteiger partial charge >= 0.3 is 0 Å². The van der Waals surface area contributed by atoms with Gasteiger partial charge in [-0.1, -0.05) is 11.6 Å². The van der Waals surface area contributed by atoms with Crippen LogP contribution in [0.25, 0.3) is 16.9 Å². The fraction of sp³-hybridized carbons (Fsp3) is 0.435. The fourth-order valence-electron chi connectivity index (χ4n) is 4.38. The summed E-state index contributed by atoms with van der Waals surface area (Å²) in [6.45, 7) is 1.41. The highest BCUT2D eigenvalue weighted by Crippen LogP contribution is 2.34. The summed E-state index contributed by atoms with van der Waals surface area (Å²) in [6.07, 6.45) is 7.00. The molecule has 8 nitrogen and oxygen atoms in total. The average Bonchev–Trinajstić information content (AvgIpc) is 3.59. The zero-order valence-electron chi connectivity index (χ0n) is 18.4. The molecular weight excluding hydrogens is 464 g/mol. The van der Waals surface area contributed by atoms with Crippen LogP contribution in [0.15, 0.2) is 36.7 Å². The van der Waals surface area contributed by atoms with E-state index in [-0.39, 0.29) is 17.9 Å². The van der Waals surface area contributed by atoms with Crippen LogP contribution in [0, 0.1) is 0 Å². The maximum atomic E-state index is 12.2. The number of aliphatic hydroxyl groups is 1. The first-order valence-electron chi connectivity index (χ1n) is 11.1. The maximum absolute atomic E-state index is 12.2. The lowest BCUT2D eigenvalue weighted by molar-refractivity contribution is 0.281. The Morgan fingerprint density at radius 1 is 1.21 bits per heavy atom. The van der Waals surface area contributed by atoms with E-state index in [2.05, 4.69) is 9.62 Å². The van der Waals surface area contributed by atoms with Gasteiger partial charge < -0.3 is 19.1 Å². The van der Waals surface area contributed by atoms with Crippen molar-refractivity contribution < 1.29 is 18.3 Å². The van der Waals surface area contributed by atoms with Crippen molar-refractivity contribution in [2.75, 3.05) is 25.1 Å². The average molecular weight is 491 g/mol. The number of aromatic nitrogens is 2. The van der Waals surface area contributed by atoms with Crippen molar-refractivity contribution in [3.05, 3.63) is 47.2 Å². The topological polar surface area (TPSA) is 96.2 Å². The number of methoxy groups -OCH3 is 1. The van der Waals surface area contributed by atoms with E-state index in [1.165, 1.54) is 0 Å². The van der Waals surface area contributed by atoms with Crippen molar-refractivity contribution in [2.45, 2.75) is 43.6 Å². The van der Waals surface area contributed by atoms with E-state index in [9.17, 15) is 13.5 Å². The molecule has 0 amide bonds. The molecule has 3 heterocycles. The first-order chi connectivity index (χ1) is 15.9. The summed E-state index contributed by atoms with van der Waals surface area (Å²) in [5.41, 5.74) is 4.01. The Labute approximate surface area is 198 Å². The molecule has 1 aromatic carbocycles. The predicted octanol–water partition coefficient (Wildman–Crippen LogP) is 3.21. The summed E-state index contributed by atoms with van der Waals surface area (Å²) < 4.78 is 34.5. The summed E-state index contributed by atoms with van der Waals surface area (Å²) in [4.78, 5) is 7.03. The van der Waals surface area contributed by atoms with Crippen LogP contribution in [-0.2, 0) is 16.6 Å². The quantitative estimate of drug-likeness (QED) is 0.528. The number of hydrogen-bond donors (Lipinski definition) is 2. The van der Waals surface area contributed by atoms with E-state index in [1.807, 2.05) is 28.9 Å². The van der Waals surface area contributed by atoms with Crippen molar-refractivity contribution in [3.63, 3.8) is 0 Å². The molecule has 3 aromatic rings. The molecule has 2 aromatic heterocycles. The van der Waals surface area contributed by atoms with Gasteiger partial charge in [-0.15, -0.1) is 0 Å². The lowest BCUT2D eigenvalue weighted by Crippen LogP contribution is -2.45. The SMILES string of the molecule is COc1cc(CO)c(-c2cn3ccc(N4CCC(NS(=O)(=O)C5CC5)CC4)cc3n2)cc1Cl. The number of sulfonamides is 1. The lowest BCUT2D eigenvalue weighted by atomic mass is 10.1. The van der Waals surface area contributed by atoms with Gasteiger partial charge in [0.1, 0.15) is 11.4 Å². The summed E-state index contributed by atoms with van der Waals surface area (Å²) >= 11 is 6.32. The van der Waals surface area contributed by atoms with Crippen LogP contribution in [0.3, 0.4) is 0 Å². The molecule has 1 aliphatic carbocycles. The number of anilines is 1. The van der Waals surface area contributed by atoms with E-state index in [0.717, 1.165) is 55.7 Å². The monoisotopic (exact) mass is 490 g/mol. The van der Waals surface area contributed by atoms with Crippen molar-refractivity contribution in [1.82, 2.24) is 14.1 Å². The van der Waals surface area contributed by atoms with E-state index in [4.69, 9.17) is 21.3 Å². The minimum absolute atomic E-state index is 0.00494. The van der Waals surface area contributed by atoms with Gasteiger partial charge in [0.2, 0.25) is 10.0 Å². The zero-order chi connectivity index (χ0) is 23.2. The molecule has 5 rings (SSSR count). The molecule has 0 spiro atoms. The molecule has 2 aliphatic rings. The number of piperidine rings is 1. The third-order valence-corrected chi connectivity index (χ3v) is 8.73. The highest BCUT2D eigenvalue weighted by atomic mass is 35.5. The highest BCUT2D eigenvalue weighted by molar-refractivity contribution is 7.90. The third-order valence-electron chi connectivity index (χ3n) is 6.42. The Kier molecular flexibility index (Phi) is 5.98. The van der Waals surface area contributed by atoms with E-state index in [0.29, 0.717) is 22.0 Å². The van der Waals surface area contributed by atoms with Gasteiger partial charge in [0.25, 0.3) is 0 Å². The second-order valence-corrected chi connectivity index (χ2v) is 11.1. The predicted molar refractivity (Wildman–Crippen MR) is 128 cm³/mol. The molecule has 0 bridgehead atoms. The summed E-state index contributed by atoms with van der Waals surface area (Å²) in [6, 6.07) is 7.57. The number of halogens is 1. The second-order valence-electron chi connectivity index (χ2n) is 8.70. The smallest absolute Gasteiger partial charge is 0.214 e. The van der Waals surface area contributed by atoms with Crippen LogP contribution in [0.2, 0.25) is 5.02 Å². The van der Waals surface area contributed by atoms with Gasteiger partial charge in [-0.25, -0.2) is 18.1 Å². The number of nitrogens with one attached hydrogen (secondary N) is 1. The third kappa shape index (κ3) is 4.55. The number of benzene rings is 1. The number of rotatable bonds is 7. The van der Waals surface area contributed by atoms with Crippen molar-refractivity contribution >= 4 is 33.0 Å². The summed E-state index contributed by atoms with van der Waals surface area (Å²) in [7, 11) is -1.61. The Bertz CT molecular complexity index is 1280. The van der Waals surface area contributed by atoms with Crippen molar-refractivity contribution in [3.8, 4) is 17.0 Å². The molecule has 1 aliphatic heterocycles. The fourth-order valence-corrected chi connectivity index (χ4v) is 6.27. The summed E-state index contributed by atoms with van der Waals surface area (Å²) in [5, 5.41) is 10.1. The molecule has 2 fully saturated rings. The van der Waals surface area contributed by atoms with Gasteiger partial charge in [0.15, 0.2) is 0 Å². The van der Waals surface area contributed by atoms with Crippen LogP contribution >= 0.6 is 11.6 Å². The van der Waals surface area contributed by atoms with Crippen molar-refractivity contribution in [2.24, 2.45) is 0 Å². The Morgan fingerprint density at radius 3 is 2.64 bits per heavy atom. The van der Waals surface area contributed by atoms with Crippen LogP contribution in [0.4, 0.5) is 5.69 Å². The first kappa shape index (κ1) is 22.5. The number of pyridine rings is 1. The zero-order valence-corrected chi connectivity index (χ0v) is 19.9. The Balaban J connectivity index is 1.34. The molecule has 10 heteroatoms. The molecule has 2 N–H and O–H groups in total. The van der Waals surface area contributed by atoms with Gasteiger partial charge in [-0.2, -0.15) is 0 Å². The second kappa shape index (κ2) is 8.79. The largest absolute Gasteiger partial charge is 0.495 e. The number of ether oxygens (including phenoxy) is 1. The van der Waals surface area contributed by atoms with Gasteiger partial charge in [-0.3, -0.25) is 0 Å². The van der Waals surface area contributed by atoms with Gasteiger partial charge in [-0.05, 0) is 49.4 Å². The molecule has 0 radical (unpaired) electrons. The van der Waals surface area contributed by atoms with Crippen LogP contribution in [-0.4, -0.2) is 54.4 Å². The van der Waals surface area contributed by atoms with Gasteiger partial charge in [0, 0.05) is 48.8 Å². The number of hydrogen-bond acceptors (Lipinski definition) is 6. The maximum Gasteiger partial charge on any atom is 0.214 e. The number of imidazole rings is 1. The first-order valence-corrected chi connectivity index (χ1v) is 13.0. The molecule has 1 saturated carbocycles. The van der Waals surface area contributed by atoms with Gasteiger partial charge in [0.05, 0.1) is 29.7 Å². The highest BCUT2D eigenvalue weighted by Gasteiger charge is 2.37. The normalized spacial score (nSPS) is 17.6. The van der Waals surface area contributed by atoms with Crippen molar-refractivity contribution in [1.29, 1.82) is 0 Å². The molecule has 33 heavy (non-hydrogen) atoms. The van der Waals surface area contributed by atoms with E-state index in [1.54, 1.807) is 19.2 Å². The molecule has 0 atom stereocenters. The molecular formula is C23H27ClN4O4S. The summed E-state index contributed by atoms with van der Waals surface area (Å²) in [5.74, 6) is 0.512. The van der Waals surface area contributed by atoms with Crippen LogP contribution < -0.4 is 14.4 Å². The number of aliphatic hydroxyl groups excluding tert-OH is 1. The minimum Gasteiger partial charge on any atom is -0.495 e. The Hall–Kier alpha value is -2.33. The standard InChI is InChI=1S/C23H27ClN4O4S/c1-32-22-10-15(14-29)19(12-20(22)24)21-13-28-9-6-17(11-23(28)25-21)27-7-4-16(5-8-27)26-33(30,31)18-2-3-18/h6,9-13,16,18,26,29H,2-5,7-8,14H2,1H3. The molecule has 1 saturated heterocycles. The molecule has 0 unspecified atom stereocenters. The number of nitrogens with zero attached hydrogens (tertiary/aromatic N) is 3. The number of fused-ring (bicyclic) bond motifs is 1. The molecule has 176 valence electrons.